The van der Waals surface area contributed by atoms with E-state index in [0.29, 0.717) is 12.8 Å². The molecule has 0 aliphatic carbocycles. The van der Waals surface area contributed by atoms with Crippen molar-refractivity contribution in [3.8, 4) is 0 Å². The second-order valence-corrected chi connectivity index (χ2v) is 18.4. The van der Waals surface area contributed by atoms with Crippen LogP contribution in [-0.2, 0) is 4.79 Å². The molecule has 0 bridgehead atoms. The minimum Gasteiger partial charge on any atom is -0.394 e. The van der Waals surface area contributed by atoms with Crippen molar-refractivity contribution in [2.24, 2.45) is 0 Å². The molecule has 3 atom stereocenters. The fourth-order valence-corrected chi connectivity index (χ4v) is 8.28. The van der Waals surface area contributed by atoms with Crippen LogP contribution in [-0.4, -0.2) is 46.1 Å². The van der Waals surface area contributed by atoms with Crippen LogP contribution in [0.1, 0.15) is 284 Å². The molecule has 0 saturated carbocycles. The Kier molecular flexibility index (Phi) is 49.0. The van der Waals surface area contributed by atoms with Crippen molar-refractivity contribution in [3.63, 3.8) is 0 Å². The SMILES string of the molecule is CCCC/C=C/CC/C=C/CCCC(O)C(O)C(CO)NC(=O)CCCCCCCCCCCCCCCCCCC/C=C\CCCCCCCCCCCCCCCC. The highest BCUT2D eigenvalue weighted by Crippen LogP contribution is 2.17. The number of amides is 1. The van der Waals surface area contributed by atoms with E-state index in [0.717, 1.165) is 51.4 Å². The fourth-order valence-electron chi connectivity index (χ4n) is 8.28. The Morgan fingerprint density at radius 1 is 0.400 bits per heavy atom. The van der Waals surface area contributed by atoms with Gasteiger partial charge in [0.15, 0.2) is 0 Å². The molecule has 4 N–H and O–H groups in total. The van der Waals surface area contributed by atoms with Crippen LogP contribution in [0.5, 0.6) is 0 Å². The average Bonchev–Trinajstić information content (AvgIpc) is 3.25. The number of aliphatic hydroxyl groups is 3. The van der Waals surface area contributed by atoms with Crippen molar-refractivity contribution in [1.82, 2.24) is 5.32 Å². The van der Waals surface area contributed by atoms with Gasteiger partial charge in [-0.2, -0.15) is 0 Å². The van der Waals surface area contributed by atoms with Gasteiger partial charge in [-0.1, -0.05) is 243 Å². The molecule has 0 fully saturated rings. The number of unbranched alkanes of at least 4 members (excludes halogenated alkanes) is 35. The molecule has 0 aliphatic rings. The monoisotopic (exact) mass is 844 g/mol. The van der Waals surface area contributed by atoms with Gasteiger partial charge in [0.1, 0.15) is 6.10 Å². The van der Waals surface area contributed by atoms with E-state index in [-0.39, 0.29) is 12.5 Å². The van der Waals surface area contributed by atoms with E-state index in [2.05, 4.69) is 55.6 Å². The van der Waals surface area contributed by atoms with Gasteiger partial charge in [0.25, 0.3) is 0 Å². The second-order valence-electron chi connectivity index (χ2n) is 18.4. The van der Waals surface area contributed by atoms with E-state index in [4.69, 9.17) is 0 Å². The molecule has 5 nitrogen and oxygen atoms in total. The van der Waals surface area contributed by atoms with E-state index < -0.39 is 18.2 Å². The molecule has 0 heterocycles. The predicted molar refractivity (Wildman–Crippen MR) is 264 cm³/mol. The number of hydrogen-bond acceptors (Lipinski definition) is 4. The quantitative estimate of drug-likeness (QED) is 0.0363. The summed E-state index contributed by atoms with van der Waals surface area (Å²) in [5.74, 6) is -0.157. The highest BCUT2D eigenvalue weighted by Gasteiger charge is 2.26. The van der Waals surface area contributed by atoms with Crippen LogP contribution in [0.4, 0.5) is 0 Å². The van der Waals surface area contributed by atoms with Crippen LogP contribution in [0.3, 0.4) is 0 Å². The van der Waals surface area contributed by atoms with Crippen molar-refractivity contribution in [3.05, 3.63) is 36.5 Å². The summed E-state index contributed by atoms with van der Waals surface area (Å²) in [6.07, 6.45) is 64.6. The van der Waals surface area contributed by atoms with Crippen molar-refractivity contribution in [1.29, 1.82) is 0 Å². The third-order valence-corrected chi connectivity index (χ3v) is 12.4. The number of carbonyl (C=O) groups is 1. The second kappa shape index (κ2) is 50.2. The number of aliphatic hydroxyl groups excluding tert-OH is 3. The number of carbonyl (C=O) groups excluding carboxylic acids is 1. The van der Waals surface area contributed by atoms with Crippen molar-refractivity contribution in [2.45, 2.75) is 302 Å². The van der Waals surface area contributed by atoms with Gasteiger partial charge in [-0.15, -0.1) is 0 Å². The summed E-state index contributed by atoms with van der Waals surface area (Å²) in [5.41, 5.74) is 0. The normalized spacial score (nSPS) is 13.6. The number of rotatable bonds is 49. The molecule has 3 unspecified atom stereocenters. The minimum absolute atomic E-state index is 0.157. The lowest BCUT2D eigenvalue weighted by Crippen LogP contribution is -2.50. The van der Waals surface area contributed by atoms with Crippen molar-refractivity contribution < 1.29 is 20.1 Å². The van der Waals surface area contributed by atoms with Crippen LogP contribution in [0.15, 0.2) is 36.5 Å². The summed E-state index contributed by atoms with van der Waals surface area (Å²) in [6.45, 7) is 4.13. The Labute approximate surface area is 374 Å². The number of nitrogens with one attached hydrogen (secondary N) is 1. The standard InChI is InChI=1S/C55H105NO4/c1-3-5-7-9-11-13-15-16-17-18-19-20-21-22-23-24-25-26-27-28-29-30-31-32-33-34-35-36-37-38-40-42-44-46-48-50-54(59)56-52(51-57)55(60)53(58)49-47-45-43-41-39-14-12-10-8-6-4-2/h10,12,24-25,41,43,52-53,55,57-58,60H,3-9,11,13-23,26-40,42,44-51H2,1-2H3,(H,56,59)/b12-10+,25-24-,43-41+. The molecule has 0 aromatic carbocycles. The molecule has 0 aromatic heterocycles. The first-order valence-corrected chi connectivity index (χ1v) is 26.8. The molecule has 0 radical (unpaired) electrons. The molecule has 0 rings (SSSR count). The van der Waals surface area contributed by atoms with Gasteiger partial charge in [-0.05, 0) is 70.6 Å². The van der Waals surface area contributed by atoms with Gasteiger partial charge < -0.3 is 20.6 Å². The van der Waals surface area contributed by atoms with Gasteiger partial charge >= 0.3 is 0 Å². The van der Waals surface area contributed by atoms with E-state index >= 15 is 0 Å². The lowest BCUT2D eigenvalue weighted by molar-refractivity contribution is -0.124. The van der Waals surface area contributed by atoms with Crippen LogP contribution in [0.2, 0.25) is 0 Å². The van der Waals surface area contributed by atoms with E-state index in [1.807, 2.05) is 0 Å². The number of hydrogen-bond donors (Lipinski definition) is 4. The summed E-state index contributed by atoms with van der Waals surface area (Å²) < 4.78 is 0. The molecule has 1 amide bonds. The largest absolute Gasteiger partial charge is 0.394 e. The first-order chi connectivity index (χ1) is 29.6. The minimum atomic E-state index is -1.16. The Bertz CT molecular complexity index is 931. The van der Waals surface area contributed by atoms with E-state index in [1.165, 1.54) is 205 Å². The first kappa shape index (κ1) is 58.6. The zero-order valence-electron chi connectivity index (χ0n) is 40.4. The third kappa shape index (κ3) is 44.6. The van der Waals surface area contributed by atoms with Crippen LogP contribution >= 0.6 is 0 Å². The van der Waals surface area contributed by atoms with Gasteiger partial charge in [0.05, 0.1) is 18.8 Å². The molecular weight excluding hydrogens is 739 g/mol. The Hall–Kier alpha value is -1.43. The van der Waals surface area contributed by atoms with Gasteiger partial charge in [-0.3, -0.25) is 4.79 Å². The molecule has 60 heavy (non-hydrogen) atoms. The first-order valence-electron chi connectivity index (χ1n) is 26.8. The average molecular weight is 844 g/mol. The number of allylic oxidation sites excluding steroid dienone is 6. The van der Waals surface area contributed by atoms with Crippen LogP contribution in [0, 0.1) is 0 Å². The van der Waals surface area contributed by atoms with E-state index in [1.54, 1.807) is 0 Å². The highest BCUT2D eigenvalue weighted by atomic mass is 16.3. The zero-order valence-corrected chi connectivity index (χ0v) is 40.4. The molecule has 0 aliphatic heterocycles. The Balaban J connectivity index is 3.46. The highest BCUT2D eigenvalue weighted by molar-refractivity contribution is 5.76. The van der Waals surface area contributed by atoms with Crippen LogP contribution < -0.4 is 5.32 Å². The molecule has 0 spiro atoms. The summed E-state index contributed by atoms with van der Waals surface area (Å²) in [7, 11) is 0. The molecular formula is C55H105NO4. The molecule has 5 heteroatoms. The van der Waals surface area contributed by atoms with Gasteiger partial charge in [-0.25, -0.2) is 0 Å². The fraction of sp³-hybridized carbons (Fsp3) is 0.873. The van der Waals surface area contributed by atoms with Crippen LogP contribution in [0.25, 0.3) is 0 Å². The Morgan fingerprint density at radius 2 is 0.700 bits per heavy atom. The maximum Gasteiger partial charge on any atom is 0.220 e. The molecule has 354 valence electrons. The summed E-state index contributed by atoms with van der Waals surface area (Å²) >= 11 is 0. The van der Waals surface area contributed by atoms with Gasteiger partial charge in [0.2, 0.25) is 5.91 Å². The molecule has 0 saturated heterocycles. The lowest BCUT2D eigenvalue weighted by atomic mass is 10.0. The maximum atomic E-state index is 12.4. The Morgan fingerprint density at radius 3 is 1.07 bits per heavy atom. The third-order valence-electron chi connectivity index (χ3n) is 12.4. The summed E-state index contributed by atoms with van der Waals surface area (Å²) in [4.78, 5) is 12.4. The van der Waals surface area contributed by atoms with Crippen molar-refractivity contribution in [2.75, 3.05) is 6.61 Å². The maximum absolute atomic E-state index is 12.4. The zero-order chi connectivity index (χ0) is 43.7. The predicted octanol–water partition coefficient (Wildman–Crippen LogP) is 16.3. The molecule has 0 aromatic rings. The lowest BCUT2D eigenvalue weighted by Gasteiger charge is -2.26. The van der Waals surface area contributed by atoms with E-state index in [9.17, 15) is 20.1 Å². The summed E-state index contributed by atoms with van der Waals surface area (Å²) in [5, 5.41) is 33.5. The smallest absolute Gasteiger partial charge is 0.220 e. The van der Waals surface area contributed by atoms with Crippen molar-refractivity contribution >= 4 is 5.91 Å². The topological polar surface area (TPSA) is 89.8 Å². The summed E-state index contributed by atoms with van der Waals surface area (Å²) in [6, 6.07) is -0.830. The van der Waals surface area contributed by atoms with Gasteiger partial charge in [0, 0.05) is 6.42 Å².